The second-order valence-electron chi connectivity index (χ2n) is 4.40. The molecule has 1 N–H and O–H groups in total. The van der Waals surface area contributed by atoms with E-state index in [9.17, 15) is 0 Å². The number of nitrogens with one attached hydrogen (secondary N) is 1. The molecule has 2 aromatic rings. The fraction of sp³-hybridized carbons (Fsp3) is 0.200. The minimum absolute atomic E-state index is 0.712. The third-order valence-electron chi connectivity index (χ3n) is 2.88. The van der Waals surface area contributed by atoms with Crippen molar-refractivity contribution in [3.8, 4) is 0 Å². The van der Waals surface area contributed by atoms with Gasteiger partial charge in [0.1, 0.15) is 0 Å². The van der Waals surface area contributed by atoms with E-state index in [-0.39, 0.29) is 0 Å². The van der Waals surface area contributed by atoms with Gasteiger partial charge in [-0.3, -0.25) is 4.98 Å². The molecule has 3 nitrogen and oxygen atoms in total. The van der Waals surface area contributed by atoms with Crippen molar-refractivity contribution in [2.75, 3.05) is 7.05 Å². The van der Waals surface area contributed by atoms with Crippen molar-refractivity contribution in [3.63, 3.8) is 0 Å². The maximum atomic E-state index is 5.91. The molecular weight excluding hydrogens is 290 g/mol. The SMILES string of the molecule is CNC(=S)N(Cc1ccc(Cl)cc1)Cc1cccnc1. The molecule has 5 heteroatoms. The Balaban J connectivity index is 2.11. The topological polar surface area (TPSA) is 28.2 Å². The average molecular weight is 306 g/mol. The highest BCUT2D eigenvalue weighted by atomic mass is 35.5. The Morgan fingerprint density at radius 2 is 1.90 bits per heavy atom. The van der Waals surface area contributed by atoms with Crippen molar-refractivity contribution in [1.29, 1.82) is 0 Å². The summed E-state index contributed by atoms with van der Waals surface area (Å²) in [6.07, 6.45) is 3.62. The third-order valence-corrected chi connectivity index (χ3v) is 3.60. The van der Waals surface area contributed by atoms with E-state index < -0.39 is 0 Å². The summed E-state index contributed by atoms with van der Waals surface area (Å²) in [5.74, 6) is 0. The number of nitrogens with zero attached hydrogens (tertiary/aromatic N) is 2. The van der Waals surface area contributed by atoms with Gasteiger partial charge in [-0.1, -0.05) is 29.8 Å². The monoisotopic (exact) mass is 305 g/mol. The van der Waals surface area contributed by atoms with Gasteiger partial charge in [0.15, 0.2) is 5.11 Å². The predicted molar refractivity (Wildman–Crippen MR) is 86.6 cm³/mol. The lowest BCUT2D eigenvalue weighted by atomic mass is 10.2. The Hall–Kier alpha value is -1.65. The molecule has 0 saturated carbocycles. The van der Waals surface area contributed by atoms with Crippen LogP contribution >= 0.6 is 23.8 Å². The fourth-order valence-electron chi connectivity index (χ4n) is 1.88. The first-order valence-corrected chi connectivity index (χ1v) is 7.07. The molecule has 0 bridgehead atoms. The number of pyridine rings is 1. The number of hydrogen-bond acceptors (Lipinski definition) is 2. The third kappa shape index (κ3) is 4.18. The van der Waals surface area contributed by atoms with E-state index in [0.29, 0.717) is 5.11 Å². The standard InChI is InChI=1S/C15H16ClN3S/c1-17-15(20)19(11-13-3-2-8-18-9-13)10-12-4-6-14(16)7-5-12/h2-9H,10-11H2,1H3,(H,17,20). The number of benzene rings is 1. The van der Waals surface area contributed by atoms with Crippen molar-refractivity contribution < 1.29 is 0 Å². The zero-order valence-corrected chi connectivity index (χ0v) is 12.8. The molecule has 0 spiro atoms. The summed E-state index contributed by atoms with van der Waals surface area (Å²) in [6, 6.07) is 11.8. The number of thiocarbonyl (C=S) groups is 1. The zero-order valence-electron chi connectivity index (χ0n) is 11.2. The number of halogens is 1. The van der Waals surface area contributed by atoms with Crippen LogP contribution in [0.3, 0.4) is 0 Å². The van der Waals surface area contributed by atoms with Crippen LogP contribution in [0.1, 0.15) is 11.1 Å². The quantitative estimate of drug-likeness (QED) is 0.878. The molecule has 0 aliphatic rings. The molecular formula is C15H16ClN3S. The van der Waals surface area contributed by atoms with Gasteiger partial charge in [-0.15, -0.1) is 0 Å². The normalized spacial score (nSPS) is 10.1. The van der Waals surface area contributed by atoms with E-state index in [0.717, 1.165) is 29.2 Å². The molecule has 0 amide bonds. The van der Waals surface area contributed by atoms with Gasteiger partial charge in [0.25, 0.3) is 0 Å². The molecule has 0 saturated heterocycles. The van der Waals surface area contributed by atoms with E-state index in [2.05, 4.69) is 15.2 Å². The first-order valence-electron chi connectivity index (χ1n) is 6.29. The lowest BCUT2D eigenvalue weighted by molar-refractivity contribution is 0.402. The highest BCUT2D eigenvalue weighted by molar-refractivity contribution is 7.80. The van der Waals surface area contributed by atoms with Crippen molar-refractivity contribution in [2.24, 2.45) is 0 Å². The Morgan fingerprint density at radius 1 is 1.20 bits per heavy atom. The number of hydrogen-bond donors (Lipinski definition) is 1. The van der Waals surface area contributed by atoms with Gasteiger partial charge in [-0.25, -0.2) is 0 Å². The molecule has 1 aromatic heterocycles. The van der Waals surface area contributed by atoms with Crippen molar-refractivity contribution in [3.05, 3.63) is 64.9 Å². The van der Waals surface area contributed by atoms with E-state index in [1.807, 2.05) is 49.6 Å². The second kappa shape index (κ2) is 7.22. The molecule has 1 aromatic carbocycles. The second-order valence-corrected chi connectivity index (χ2v) is 5.22. The van der Waals surface area contributed by atoms with Crippen molar-refractivity contribution in [1.82, 2.24) is 15.2 Å². The van der Waals surface area contributed by atoms with Crippen LogP contribution in [0, 0.1) is 0 Å². The van der Waals surface area contributed by atoms with Crippen molar-refractivity contribution >= 4 is 28.9 Å². The first kappa shape index (κ1) is 14.8. The lowest BCUT2D eigenvalue weighted by Crippen LogP contribution is -2.36. The van der Waals surface area contributed by atoms with Crippen LogP contribution in [0.5, 0.6) is 0 Å². The summed E-state index contributed by atoms with van der Waals surface area (Å²) < 4.78 is 0. The summed E-state index contributed by atoms with van der Waals surface area (Å²) in [5.41, 5.74) is 2.29. The maximum absolute atomic E-state index is 5.91. The molecule has 104 valence electrons. The molecule has 0 unspecified atom stereocenters. The Bertz CT molecular complexity index is 557. The lowest BCUT2D eigenvalue weighted by Gasteiger charge is -2.25. The molecule has 2 rings (SSSR count). The molecule has 0 aliphatic heterocycles. The van der Waals surface area contributed by atoms with Gasteiger partial charge in [0.05, 0.1) is 0 Å². The van der Waals surface area contributed by atoms with Gasteiger partial charge in [-0.2, -0.15) is 0 Å². The highest BCUT2D eigenvalue weighted by Crippen LogP contribution is 2.13. The first-order chi connectivity index (χ1) is 9.69. The minimum Gasteiger partial charge on any atom is -0.366 e. The van der Waals surface area contributed by atoms with Gasteiger partial charge < -0.3 is 10.2 Å². The molecule has 0 fully saturated rings. The van der Waals surface area contributed by atoms with Gasteiger partial charge in [0.2, 0.25) is 0 Å². The van der Waals surface area contributed by atoms with E-state index in [1.54, 1.807) is 6.20 Å². The van der Waals surface area contributed by atoms with Crippen LogP contribution in [0.4, 0.5) is 0 Å². The molecule has 1 heterocycles. The van der Waals surface area contributed by atoms with Gasteiger partial charge in [-0.05, 0) is 41.5 Å². The molecule has 0 aliphatic carbocycles. The van der Waals surface area contributed by atoms with Crippen LogP contribution in [0.2, 0.25) is 5.02 Å². The minimum atomic E-state index is 0.712. The summed E-state index contributed by atoms with van der Waals surface area (Å²) in [7, 11) is 1.83. The predicted octanol–water partition coefficient (Wildman–Crippen LogP) is 3.24. The Labute approximate surface area is 129 Å². The van der Waals surface area contributed by atoms with E-state index in [4.69, 9.17) is 23.8 Å². The van der Waals surface area contributed by atoms with Gasteiger partial charge >= 0.3 is 0 Å². The van der Waals surface area contributed by atoms with E-state index in [1.165, 1.54) is 0 Å². The molecule has 0 radical (unpaired) electrons. The van der Waals surface area contributed by atoms with Crippen LogP contribution in [0.15, 0.2) is 48.8 Å². The Morgan fingerprint density at radius 3 is 2.50 bits per heavy atom. The van der Waals surface area contributed by atoms with Crippen molar-refractivity contribution in [2.45, 2.75) is 13.1 Å². The smallest absolute Gasteiger partial charge is 0.169 e. The zero-order chi connectivity index (χ0) is 14.4. The summed E-state index contributed by atoms with van der Waals surface area (Å²) in [5, 5.41) is 4.48. The van der Waals surface area contributed by atoms with Crippen LogP contribution in [0.25, 0.3) is 0 Å². The summed E-state index contributed by atoms with van der Waals surface area (Å²) in [6.45, 7) is 1.45. The summed E-state index contributed by atoms with van der Waals surface area (Å²) in [4.78, 5) is 6.23. The van der Waals surface area contributed by atoms with Crippen LogP contribution < -0.4 is 5.32 Å². The van der Waals surface area contributed by atoms with E-state index >= 15 is 0 Å². The summed E-state index contributed by atoms with van der Waals surface area (Å²) >= 11 is 11.3. The molecule has 0 atom stereocenters. The fourth-order valence-corrected chi connectivity index (χ4v) is 2.13. The number of rotatable bonds is 4. The van der Waals surface area contributed by atoms with Gasteiger partial charge in [0, 0.05) is 37.6 Å². The largest absolute Gasteiger partial charge is 0.366 e. The Kier molecular flexibility index (Phi) is 5.32. The number of aromatic nitrogens is 1. The van der Waals surface area contributed by atoms with Crippen LogP contribution in [-0.2, 0) is 13.1 Å². The van der Waals surface area contributed by atoms with Crippen LogP contribution in [-0.4, -0.2) is 22.0 Å². The highest BCUT2D eigenvalue weighted by Gasteiger charge is 2.10. The molecule has 20 heavy (non-hydrogen) atoms. The average Bonchev–Trinajstić information content (AvgIpc) is 2.49. The maximum Gasteiger partial charge on any atom is 0.169 e.